The maximum Gasteiger partial charge on any atom is 0.546 e. The van der Waals surface area contributed by atoms with Gasteiger partial charge in [-0.1, -0.05) is 30.3 Å². The quantitative estimate of drug-likeness (QED) is 0.419. The van der Waals surface area contributed by atoms with Crippen LogP contribution < -0.4 is 4.74 Å². The van der Waals surface area contributed by atoms with Crippen LogP contribution in [0.3, 0.4) is 0 Å². The number of ether oxygens (including phenoxy) is 1. The third-order valence-corrected chi connectivity index (χ3v) is 7.61. The lowest BCUT2D eigenvalue weighted by Gasteiger charge is -2.36. The minimum atomic E-state index is -3.30. The topological polar surface area (TPSA) is 74.2 Å². The molecule has 0 radical (unpaired) electrons. The second kappa shape index (κ2) is 11.2. The van der Waals surface area contributed by atoms with Crippen molar-refractivity contribution in [2.75, 3.05) is 19.8 Å². The van der Waals surface area contributed by atoms with E-state index in [9.17, 15) is 9.90 Å². The van der Waals surface area contributed by atoms with Gasteiger partial charge in [0.05, 0.1) is 6.10 Å². The molecule has 2 aromatic rings. The zero-order valence-electron chi connectivity index (χ0n) is 17.5. The fourth-order valence-electron chi connectivity index (χ4n) is 3.03. The van der Waals surface area contributed by atoms with Gasteiger partial charge in [0.25, 0.3) is 0 Å². The zero-order chi connectivity index (χ0) is 21.3. The van der Waals surface area contributed by atoms with E-state index in [0.717, 1.165) is 0 Å². The number of benzene rings is 2. The van der Waals surface area contributed by atoms with Gasteiger partial charge >= 0.3 is 8.80 Å². The molecule has 0 heterocycles. The fraction of sp³-hybridized carbons (Fsp3) is 0.409. The van der Waals surface area contributed by atoms with Gasteiger partial charge in [-0.15, -0.1) is 0 Å². The monoisotopic (exact) mass is 418 g/mol. The first kappa shape index (κ1) is 23.2. The van der Waals surface area contributed by atoms with Crippen molar-refractivity contribution in [1.29, 1.82) is 0 Å². The summed E-state index contributed by atoms with van der Waals surface area (Å²) in [5, 5.41) is 10.4. The lowest BCUT2D eigenvalue weighted by molar-refractivity contribution is -0.00980. The molecule has 0 aliphatic carbocycles. The molecule has 0 saturated carbocycles. The molecule has 0 aliphatic heterocycles. The largest absolute Gasteiger partial charge is 0.546 e. The third-order valence-electron chi connectivity index (χ3n) is 4.24. The highest BCUT2D eigenvalue weighted by Gasteiger charge is 2.54. The average Bonchev–Trinajstić information content (AvgIpc) is 2.73. The predicted octanol–water partition coefficient (Wildman–Crippen LogP) is 3.63. The molecule has 29 heavy (non-hydrogen) atoms. The van der Waals surface area contributed by atoms with Crippen LogP contribution in [-0.2, 0) is 13.3 Å². The lowest BCUT2D eigenvalue weighted by Crippen LogP contribution is -2.62. The maximum absolute atomic E-state index is 12.6. The van der Waals surface area contributed by atoms with Gasteiger partial charge in [-0.05, 0) is 52.0 Å². The van der Waals surface area contributed by atoms with E-state index < -0.39 is 20.6 Å². The summed E-state index contributed by atoms with van der Waals surface area (Å²) in [5.74, 6) is 0.433. The number of hydrogen-bond donors (Lipinski definition) is 1. The Balaban J connectivity index is 2.24. The Kier molecular flexibility index (Phi) is 9.00. The van der Waals surface area contributed by atoms with Gasteiger partial charge in [-0.2, -0.15) is 0 Å². The van der Waals surface area contributed by atoms with Crippen molar-refractivity contribution in [1.82, 2.24) is 0 Å². The summed E-state index contributed by atoms with van der Waals surface area (Å²) in [7, 11) is -3.30. The summed E-state index contributed by atoms with van der Waals surface area (Å²) >= 11 is 0. The maximum atomic E-state index is 12.6. The minimum Gasteiger partial charge on any atom is -0.483 e. The van der Waals surface area contributed by atoms with Gasteiger partial charge in [0.15, 0.2) is 11.5 Å². The summed E-state index contributed by atoms with van der Waals surface area (Å²) in [4.78, 5) is 12.6. The number of ketones is 1. The van der Waals surface area contributed by atoms with Crippen LogP contribution in [0, 0.1) is 0 Å². The highest BCUT2D eigenvalue weighted by atomic mass is 28.4. The van der Waals surface area contributed by atoms with Crippen molar-refractivity contribution >= 4 is 14.6 Å². The van der Waals surface area contributed by atoms with Crippen LogP contribution in [-0.4, -0.2) is 51.3 Å². The van der Waals surface area contributed by atoms with E-state index in [0.29, 0.717) is 36.7 Å². The second-order valence-corrected chi connectivity index (χ2v) is 9.04. The Morgan fingerprint density at radius 1 is 0.862 bits per heavy atom. The highest BCUT2D eigenvalue weighted by molar-refractivity contribution is 6.62. The van der Waals surface area contributed by atoms with Gasteiger partial charge in [0.2, 0.25) is 0 Å². The van der Waals surface area contributed by atoms with Crippen LogP contribution in [0.4, 0.5) is 0 Å². The van der Waals surface area contributed by atoms with Crippen molar-refractivity contribution in [3.05, 3.63) is 65.7 Å². The SMILES string of the molecule is CCO[Si](OCC)(OCC)C(Oc1ccc(C(=O)c2ccccc2)cc1)C(C)O. The lowest BCUT2D eigenvalue weighted by atomic mass is 10.0. The Hall–Kier alpha value is -2.03. The Bertz CT molecular complexity index is 731. The molecular formula is C22H30O6Si. The molecule has 7 heteroatoms. The van der Waals surface area contributed by atoms with E-state index in [2.05, 4.69) is 0 Å². The number of aliphatic hydroxyl groups excluding tert-OH is 1. The van der Waals surface area contributed by atoms with Crippen molar-refractivity contribution in [3.8, 4) is 5.75 Å². The molecule has 0 bridgehead atoms. The van der Waals surface area contributed by atoms with E-state index in [-0.39, 0.29) is 5.78 Å². The highest BCUT2D eigenvalue weighted by Crippen LogP contribution is 2.25. The van der Waals surface area contributed by atoms with Crippen molar-refractivity contribution in [2.24, 2.45) is 0 Å². The Labute approximate surface area is 173 Å². The van der Waals surface area contributed by atoms with Crippen molar-refractivity contribution in [3.63, 3.8) is 0 Å². The molecule has 0 spiro atoms. The number of aliphatic hydroxyl groups is 1. The average molecular weight is 419 g/mol. The Morgan fingerprint density at radius 3 is 1.79 bits per heavy atom. The molecular weight excluding hydrogens is 388 g/mol. The third kappa shape index (κ3) is 5.97. The number of rotatable bonds is 12. The van der Waals surface area contributed by atoms with E-state index in [1.54, 1.807) is 43.3 Å². The van der Waals surface area contributed by atoms with Gasteiger partial charge in [-0.3, -0.25) is 4.79 Å². The van der Waals surface area contributed by atoms with E-state index >= 15 is 0 Å². The number of hydrogen-bond acceptors (Lipinski definition) is 6. The molecule has 0 aromatic heterocycles. The van der Waals surface area contributed by atoms with Gasteiger partial charge < -0.3 is 23.1 Å². The zero-order valence-corrected chi connectivity index (χ0v) is 18.5. The van der Waals surface area contributed by atoms with Crippen LogP contribution in [0.15, 0.2) is 54.6 Å². The van der Waals surface area contributed by atoms with E-state index in [4.69, 9.17) is 18.0 Å². The molecule has 0 saturated heterocycles. The van der Waals surface area contributed by atoms with Crippen LogP contribution in [0.5, 0.6) is 5.75 Å². The molecule has 2 aromatic carbocycles. The molecule has 1 N–H and O–H groups in total. The summed E-state index contributed by atoms with van der Waals surface area (Å²) in [6, 6.07) is 15.9. The van der Waals surface area contributed by atoms with E-state index in [1.807, 2.05) is 39.0 Å². The first-order chi connectivity index (χ1) is 14.0. The molecule has 0 fully saturated rings. The van der Waals surface area contributed by atoms with Crippen LogP contribution >= 0.6 is 0 Å². The van der Waals surface area contributed by atoms with Gasteiger partial charge in [0.1, 0.15) is 5.75 Å². The molecule has 158 valence electrons. The predicted molar refractivity (Wildman–Crippen MR) is 113 cm³/mol. The molecule has 6 nitrogen and oxygen atoms in total. The molecule has 0 aliphatic rings. The van der Waals surface area contributed by atoms with E-state index in [1.165, 1.54) is 0 Å². The standard InChI is InChI=1S/C22H30O6Si/c1-5-25-29(26-6-2,27-7-3)22(17(4)23)28-20-15-13-19(14-16-20)21(24)18-11-9-8-10-12-18/h8-17,22-23H,5-7H2,1-4H3. The molecule has 2 unspecified atom stereocenters. The van der Waals surface area contributed by atoms with Crippen LogP contribution in [0.25, 0.3) is 0 Å². The number of carbonyl (C=O) groups excluding carboxylic acids is 1. The van der Waals surface area contributed by atoms with Gasteiger partial charge in [0, 0.05) is 30.9 Å². The Morgan fingerprint density at radius 2 is 1.34 bits per heavy atom. The summed E-state index contributed by atoms with van der Waals surface area (Å²) in [6.07, 6.45) is -0.878. The van der Waals surface area contributed by atoms with Crippen molar-refractivity contribution < 1.29 is 27.9 Å². The second-order valence-electron chi connectivity index (χ2n) is 6.40. The normalized spacial score (nSPS) is 13.7. The van der Waals surface area contributed by atoms with Crippen LogP contribution in [0.1, 0.15) is 43.6 Å². The molecule has 0 amide bonds. The van der Waals surface area contributed by atoms with Crippen LogP contribution in [0.2, 0.25) is 0 Å². The number of carbonyl (C=O) groups is 1. The van der Waals surface area contributed by atoms with Gasteiger partial charge in [-0.25, -0.2) is 0 Å². The summed E-state index contributed by atoms with van der Waals surface area (Å²) in [5.41, 5.74) is 0.386. The summed E-state index contributed by atoms with van der Waals surface area (Å²) in [6.45, 7) is 8.31. The summed E-state index contributed by atoms with van der Waals surface area (Å²) < 4.78 is 23.7. The molecule has 2 atom stereocenters. The van der Waals surface area contributed by atoms with Crippen molar-refractivity contribution in [2.45, 2.75) is 39.5 Å². The minimum absolute atomic E-state index is 0.0640. The molecule has 2 rings (SSSR count). The fourth-order valence-corrected chi connectivity index (χ4v) is 5.85. The smallest absolute Gasteiger partial charge is 0.483 e. The first-order valence-electron chi connectivity index (χ1n) is 9.93. The first-order valence-corrected chi connectivity index (χ1v) is 11.7.